The Labute approximate surface area is 172 Å². The van der Waals surface area contributed by atoms with E-state index in [9.17, 15) is 13.2 Å². The van der Waals surface area contributed by atoms with Crippen LogP contribution in [0.2, 0.25) is 0 Å². The third kappa shape index (κ3) is 5.00. The molecular formula is C22H21F3N4O. The van der Waals surface area contributed by atoms with Gasteiger partial charge in [-0.15, -0.1) is 0 Å². The van der Waals surface area contributed by atoms with Crippen molar-refractivity contribution in [2.45, 2.75) is 38.0 Å². The van der Waals surface area contributed by atoms with Crippen LogP contribution in [0.15, 0.2) is 60.8 Å². The number of benzene rings is 2. The molecule has 1 aromatic heterocycles. The first-order valence-corrected chi connectivity index (χ1v) is 9.77. The molecule has 1 saturated carbocycles. The smallest absolute Gasteiger partial charge is 0.421 e. The minimum atomic E-state index is -4.58. The van der Waals surface area contributed by atoms with Crippen LogP contribution in [-0.4, -0.2) is 16.1 Å². The summed E-state index contributed by atoms with van der Waals surface area (Å²) in [5, 5.41) is 5.67. The fourth-order valence-electron chi connectivity index (χ4n) is 3.35. The van der Waals surface area contributed by atoms with Crippen LogP contribution >= 0.6 is 0 Å². The number of nitrogens with one attached hydrogen (secondary N) is 2. The van der Waals surface area contributed by atoms with Gasteiger partial charge in [0.1, 0.15) is 17.1 Å². The molecule has 0 aliphatic heterocycles. The highest BCUT2D eigenvalue weighted by molar-refractivity contribution is 5.63. The summed E-state index contributed by atoms with van der Waals surface area (Å²) in [6.07, 6.45) is 0.807. The van der Waals surface area contributed by atoms with Crippen molar-refractivity contribution in [1.29, 1.82) is 0 Å². The molecule has 3 aromatic rings. The fraction of sp³-hybridized carbons (Fsp3) is 0.273. The number of aromatic nitrogens is 2. The Morgan fingerprint density at radius 1 is 0.867 bits per heavy atom. The van der Waals surface area contributed by atoms with Crippen molar-refractivity contribution in [3.63, 3.8) is 0 Å². The number of hydrogen-bond acceptors (Lipinski definition) is 5. The van der Waals surface area contributed by atoms with E-state index in [0.29, 0.717) is 17.1 Å². The SMILES string of the molecule is FC(F)(F)c1cnc(Nc2ccccc2)nc1Nc1ccc(OC2CCCC2)cc1. The number of hydrogen-bond donors (Lipinski definition) is 2. The molecule has 0 amide bonds. The van der Waals surface area contributed by atoms with Gasteiger partial charge in [0.25, 0.3) is 0 Å². The Kier molecular flexibility index (Phi) is 5.74. The van der Waals surface area contributed by atoms with Crippen LogP contribution < -0.4 is 15.4 Å². The van der Waals surface area contributed by atoms with Crippen LogP contribution in [0, 0.1) is 0 Å². The van der Waals surface area contributed by atoms with E-state index >= 15 is 0 Å². The number of halogens is 3. The molecule has 156 valence electrons. The highest BCUT2D eigenvalue weighted by atomic mass is 19.4. The molecule has 1 aliphatic carbocycles. The van der Waals surface area contributed by atoms with E-state index < -0.39 is 11.7 Å². The molecule has 0 bridgehead atoms. The van der Waals surface area contributed by atoms with E-state index in [1.807, 2.05) is 6.07 Å². The Hall–Kier alpha value is -3.29. The van der Waals surface area contributed by atoms with Crippen LogP contribution in [0.5, 0.6) is 5.75 Å². The first-order chi connectivity index (χ1) is 14.5. The zero-order chi connectivity index (χ0) is 21.0. The predicted molar refractivity (Wildman–Crippen MR) is 109 cm³/mol. The van der Waals surface area contributed by atoms with E-state index in [2.05, 4.69) is 20.6 Å². The summed E-state index contributed by atoms with van der Waals surface area (Å²) in [5.74, 6) is 0.455. The van der Waals surface area contributed by atoms with Crippen molar-refractivity contribution in [3.05, 3.63) is 66.4 Å². The second-order valence-electron chi connectivity index (χ2n) is 7.12. The summed E-state index contributed by atoms with van der Waals surface area (Å²) in [4.78, 5) is 7.86. The lowest BCUT2D eigenvalue weighted by Gasteiger charge is -2.16. The normalized spacial score (nSPS) is 14.5. The molecule has 0 atom stereocenters. The summed E-state index contributed by atoms with van der Waals surface area (Å²) >= 11 is 0. The number of alkyl halides is 3. The number of rotatable bonds is 6. The number of nitrogens with zero attached hydrogens (tertiary/aromatic N) is 2. The van der Waals surface area contributed by atoms with Crippen molar-refractivity contribution < 1.29 is 17.9 Å². The van der Waals surface area contributed by atoms with E-state index in [4.69, 9.17) is 4.74 Å². The average molecular weight is 414 g/mol. The van der Waals surface area contributed by atoms with Gasteiger partial charge in [-0.1, -0.05) is 18.2 Å². The summed E-state index contributed by atoms with van der Waals surface area (Å²) in [7, 11) is 0. The van der Waals surface area contributed by atoms with E-state index in [1.54, 1.807) is 48.5 Å². The first kappa shape index (κ1) is 20.0. The zero-order valence-electron chi connectivity index (χ0n) is 16.1. The Balaban J connectivity index is 1.54. The van der Waals surface area contributed by atoms with E-state index in [-0.39, 0.29) is 17.9 Å². The second-order valence-corrected chi connectivity index (χ2v) is 7.12. The number of ether oxygens (including phenoxy) is 1. The van der Waals surface area contributed by atoms with Gasteiger partial charge < -0.3 is 15.4 Å². The van der Waals surface area contributed by atoms with Gasteiger partial charge in [0, 0.05) is 17.6 Å². The van der Waals surface area contributed by atoms with Crippen LogP contribution in [0.1, 0.15) is 31.2 Å². The number of para-hydroxylation sites is 1. The molecule has 5 nitrogen and oxygen atoms in total. The van der Waals surface area contributed by atoms with Crippen LogP contribution in [0.4, 0.5) is 36.3 Å². The summed E-state index contributed by atoms with van der Waals surface area (Å²) in [6.45, 7) is 0. The standard InChI is InChI=1S/C22H21F3N4O/c23-22(24,25)19-14-26-21(28-15-6-2-1-3-7-15)29-20(19)27-16-10-12-18(13-11-16)30-17-8-4-5-9-17/h1-3,6-7,10-14,17H,4-5,8-9H2,(H2,26,27,28,29). The maximum atomic E-state index is 13.4. The van der Waals surface area contributed by atoms with Gasteiger partial charge in [0.15, 0.2) is 0 Å². The Morgan fingerprint density at radius 3 is 2.20 bits per heavy atom. The molecule has 0 saturated heterocycles. The quantitative estimate of drug-likeness (QED) is 0.495. The Bertz CT molecular complexity index is 972. The van der Waals surface area contributed by atoms with Gasteiger partial charge in [-0.3, -0.25) is 0 Å². The van der Waals surface area contributed by atoms with Gasteiger partial charge in [-0.25, -0.2) is 4.98 Å². The molecule has 2 aromatic carbocycles. The van der Waals surface area contributed by atoms with Crippen molar-refractivity contribution >= 4 is 23.1 Å². The van der Waals surface area contributed by atoms with Crippen molar-refractivity contribution in [2.24, 2.45) is 0 Å². The molecule has 0 spiro atoms. The maximum absolute atomic E-state index is 13.4. The molecule has 1 heterocycles. The van der Waals surface area contributed by atoms with Gasteiger partial charge in [0.05, 0.1) is 6.10 Å². The second kappa shape index (κ2) is 8.61. The highest BCUT2D eigenvalue weighted by Gasteiger charge is 2.35. The summed E-state index contributed by atoms with van der Waals surface area (Å²) in [6, 6.07) is 15.9. The lowest BCUT2D eigenvalue weighted by Crippen LogP contribution is -2.13. The fourth-order valence-corrected chi connectivity index (χ4v) is 3.35. The highest BCUT2D eigenvalue weighted by Crippen LogP contribution is 2.35. The van der Waals surface area contributed by atoms with Crippen molar-refractivity contribution in [3.8, 4) is 5.75 Å². The molecule has 0 radical (unpaired) electrons. The first-order valence-electron chi connectivity index (χ1n) is 9.77. The van der Waals surface area contributed by atoms with Crippen LogP contribution in [-0.2, 0) is 6.18 Å². The summed E-state index contributed by atoms with van der Waals surface area (Å²) in [5.41, 5.74) is 0.215. The monoisotopic (exact) mass is 414 g/mol. The minimum Gasteiger partial charge on any atom is -0.490 e. The van der Waals surface area contributed by atoms with E-state index in [0.717, 1.165) is 31.9 Å². The molecular weight excluding hydrogens is 393 g/mol. The van der Waals surface area contributed by atoms with Gasteiger partial charge in [0.2, 0.25) is 5.95 Å². The third-order valence-corrected chi connectivity index (χ3v) is 4.85. The van der Waals surface area contributed by atoms with Gasteiger partial charge in [-0.05, 0) is 62.1 Å². The maximum Gasteiger partial charge on any atom is 0.421 e. The average Bonchev–Trinajstić information content (AvgIpc) is 3.23. The largest absolute Gasteiger partial charge is 0.490 e. The molecule has 1 fully saturated rings. The topological polar surface area (TPSA) is 59.1 Å². The van der Waals surface area contributed by atoms with Gasteiger partial charge >= 0.3 is 6.18 Å². The lowest BCUT2D eigenvalue weighted by molar-refractivity contribution is -0.137. The molecule has 8 heteroatoms. The molecule has 30 heavy (non-hydrogen) atoms. The zero-order valence-corrected chi connectivity index (χ0v) is 16.1. The Morgan fingerprint density at radius 2 is 1.53 bits per heavy atom. The van der Waals surface area contributed by atoms with Gasteiger partial charge in [-0.2, -0.15) is 18.2 Å². The molecule has 4 rings (SSSR count). The third-order valence-electron chi connectivity index (χ3n) is 4.85. The minimum absolute atomic E-state index is 0.0675. The molecule has 0 unspecified atom stereocenters. The molecule has 2 N–H and O–H groups in total. The van der Waals surface area contributed by atoms with Crippen molar-refractivity contribution in [1.82, 2.24) is 9.97 Å². The van der Waals surface area contributed by atoms with Crippen LogP contribution in [0.3, 0.4) is 0 Å². The lowest BCUT2D eigenvalue weighted by atomic mass is 10.2. The summed E-state index contributed by atoms with van der Waals surface area (Å²) < 4.78 is 46.2. The predicted octanol–water partition coefficient (Wildman–Crippen LogP) is 6.30. The number of anilines is 4. The molecule has 1 aliphatic rings. The van der Waals surface area contributed by atoms with Crippen LogP contribution in [0.25, 0.3) is 0 Å². The van der Waals surface area contributed by atoms with Crippen molar-refractivity contribution in [2.75, 3.05) is 10.6 Å². The van der Waals surface area contributed by atoms with E-state index in [1.165, 1.54) is 0 Å².